The third kappa shape index (κ3) is 13.1. The SMILES string of the molecule is Cc1ccc2c(oc3ncccc32)c1N1C=CN(C)C1C.[2H]C(C)(C)N1c2ncccc2N(c2c(C)ccc3c2oc2ccccc23)C1C.[2H]C(C)(C)N1c2nccnc2N(c2c(C)ccc3c2oc2ccccc23)C1C.[2H]C(C)(C)N1c2nccnc2N(c2c(C)ccc3c2oc2ccccc23)C1C.[2H]C([2H])([2H])N1c2nccnc2N(c2c(C)ccc3c2oc2ccccc23)C1C. The first kappa shape index (κ1) is 73.8. The summed E-state index contributed by atoms with van der Waals surface area (Å²) in [6, 6.07) is 58.9. The maximum absolute atomic E-state index is 8.68. The molecule has 10 aromatic heterocycles. The molecule has 0 spiro atoms. The number of fused-ring (bicyclic) bond motifs is 19. The number of benzene rings is 9. The number of anilines is 13. The van der Waals surface area contributed by atoms with Gasteiger partial charge in [0.05, 0.1) is 38.2 Å². The summed E-state index contributed by atoms with van der Waals surface area (Å²) in [6.07, 6.45) is 17.1. The molecule has 0 aliphatic carbocycles. The lowest BCUT2D eigenvalue weighted by Gasteiger charge is -2.33. The number of nitrogens with zero attached hydrogens (tertiary/aromatic N) is 18. The predicted octanol–water partition coefficient (Wildman–Crippen LogP) is 25.3. The summed E-state index contributed by atoms with van der Waals surface area (Å²) in [5, 5.41) is 10.8. The van der Waals surface area contributed by atoms with Crippen molar-refractivity contribution in [2.45, 2.75) is 160 Å². The van der Waals surface area contributed by atoms with Gasteiger partial charge in [-0.05, 0) is 187 Å². The maximum Gasteiger partial charge on any atom is 0.227 e. The van der Waals surface area contributed by atoms with Crippen molar-refractivity contribution in [3.8, 4) is 0 Å². The van der Waals surface area contributed by atoms with Crippen molar-refractivity contribution in [2.24, 2.45) is 0 Å². The lowest BCUT2D eigenvalue weighted by molar-refractivity contribution is 0.383. The van der Waals surface area contributed by atoms with Gasteiger partial charge in [-0.2, -0.15) is 0 Å². The molecule has 5 aliphatic rings. The number of aromatic nitrogens is 8. The fraction of sp³-hybridized carbons (Fsp3) is 0.250. The molecule has 0 fully saturated rings. The highest BCUT2D eigenvalue weighted by Gasteiger charge is 2.44. The lowest BCUT2D eigenvalue weighted by atomic mass is 10.1. The van der Waals surface area contributed by atoms with Gasteiger partial charge in [-0.15, -0.1) is 0 Å². The Labute approximate surface area is 745 Å². The van der Waals surface area contributed by atoms with Gasteiger partial charge < -0.3 is 56.4 Å². The molecule has 0 N–H and O–H groups in total. The zero-order chi connectivity index (χ0) is 93.1. The summed E-state index contributed by atoms with van der Waals surface area (Å²) < 4.78 is 81.2. The first-order valence-corrected chi connectivity index (χ1v) is 43.0. The average molecular weight is 1690 g/mol. The van der Waals surface area contributed by atoms with E-state index in [2.05, 4.69) is 223 Å². The molecular weight excluding hydrogens is 1580 g/mol. The van der Waals surface area contributed by atoms with Gasteiger partial charge in [-0.3, -0.25) is 14.7 Å². The van der Waals surface area contributed by atoms with E-state index < -0.39 is 31.2 Å². The van der Waals surface area contributed by atoms with Crippen molar-refractivity contribution in [3.05, 3.63) is 272 Å². The predicted molar refractivity (Wildman–Crippen MR) is 517 cm³/mol. The molecule has 0 bridgehead atoms. The van der Waals surface area contributed by atoms with Gasteiger partial charge in [-0.1, -0.05) is 133 Å². The largest absolute Gasteiger partial charge is 0.454 e. The zero-order valence-corrected chi connectivity index (χ0v) is 74.1. The molecular formula is C104H102N18O5. The molecule has 5 aliphatic heterocycles. The average Bonchev–Trinajstić information content (AvgIpc) is 1.58. The van der Waals surface area contributed by atoms with Gasteiger partial charge in [0.25, 0.3) is 0 Å². The van der Waals surface area contributed by atoms with Crippen LogP contribution in [0.15, 0.2) is 266 Å². The van der Waals surface area contributed by atoms with Crippen LogP contribution in [0, 0.1) is 34.6 Å². The van der Waals surface area contributed by atoms with Crippen LogP contribution in [0.25, 0.3) is 110 Å². The number of aryl methyl sites for hydroxylation is 5. The Hall–Kier alpha value is -14.7. The number of hydrogen-bond donors (Lipinski definition) is 0. The van der Waals surface area contributed by atoms with Crippen LogP contribution in [0.5, 0.6) is 0 Å². The number of furan rings is 5. The van der Waals surface area contributed by atoms with E-state index in [1.54, 1.807) is 43.4 Å². The van der Waals surface area contributed by atoms with Gasteiger partial charge in [0, 0.05) is 152 Å². The second-order valence-corrected chi connectivity index (χ2v) is 33.7. The van der Waals surface area contributed by atoms with Crippen molar-refractivity contribution >= 4 is 185 Å². The fourth-order valence-electron chi connectivity index (χ4n) is 19.2. The second-order valence-electron chi connectivity index (χ2n) is 33.7. The van der Waals surface area contributed by atoms with E-state index >= 15 is 0 Å². The zero-order valence-electron chi connectivity index (χ0n) is 80.1. The molecule has 0 saturated heterocycles. The highest BCUT2D eigenvalue weighted by atomic mass is 16.4. The summed E-state index contributed by atoms with van der Waals surface area (Å²) in [7, 11) is 2.08. The van der Waals surface area contributed by atoms with Crippen LogP contribution in [0.1, 0.15) is 112 Å². The minimum Gasteiger partial charge on any atom is -0.454 e. The quantitative estimate of drug-likeness (QED) is 0.139. The molecule has 19 aromatic rings. The smallest absolute Gasteiger partial charge is 0.227 e. The van der Waals surface area contributed by atoms with E-state index in [0.717, 1.165) is 190 Å². The fourth-order valence-corrected chi connectivity index (χ4v) is 19.2. The summed E-state index contributed by atoms with van der Waals surface area (Å²) in [5.74, 6) is 4.66. The van der Waals surface area contributed by atoms with Crippen molar-refractivity contribution in [3.63, 3.8) is 0 Å². The van der Waals surface area contributed by atoms with Crippen LogP contribution in [0.3, 0.4) is 0 Å². The van der Waals surface area contributed by atoms with E-state index in [4.69, 9.17) is 30.3 Å². The number of pyridine rings is 2. The van der Waals surface area contributed by atoms with Crippen LogP contribution in [-0.2, 0) is 0 Å². The maximum atomic E-state index is 8.68. The van der Waals surface area contributed by atoms with Crippen molar-refractivity contribution < 1.29 is 30.3 Å². The second kappa shape index (κ2) is 31.8. The minimum absolute atomic E-state index is 0.0603. The van der Waals surface area contributed by atoms with Crippen LogP contribution in [0.4, 0.5) is 74.8 Å². The van der Waals surface area contributed by atoms with Crippen LogP contribution in [0.2, 0.25) is 0 Å². The van der Waals surface area contributed by atoms with Crippen molar-refractivity contribution in [1.82, 2.24) is 44.8 Å². The van der Waals surface area contributed by atoms with E-state index in [1.807, 2.05) is 173 Å². The normalized spacial score (nSPS) is 18.0. The molecule has 5 unspecified atom stereocenters. The van der Waals surface area contributed by atoms with E-state index in [9.17, 15) is 0 Å². The highest BCUT2D eigenvalue weighted by Crippen LogP contribution is 2.53. The summed E-state index contributed by atoms with van der Waals surface area (Å²) in [5.41, 5.74) is 19.8. The molecule has 638 valence electrons. The molecule has 23 heteroatoms. The standard InChI is InChI=1S/C23H23N3O.2C22H22N4O.C20H18N4O.C17H17N3O/c1-14(2)25-16(4)26(19-9-7-13-24-23(19)25)21-15(3)11-12-18-17-8-5-6-10-20(17)27-22(18)21;2*1-13(2)25-15(4)26(22-21(25)23-11-12-24-22)19-14(3)9-10-17-16-7-5-6-8-18(16)27-20(17)19;1-12-8-9-15-14-6-4-5-7-16(14)25-18(15)17(12)24-13(2)23(3)19-20(24)22-11-10-21-19;1-11-6-7-13-14-5-4-8-18-17(14)21-16(13)15(11)20-10-9-19(3)12(20)2/h5-14,16H,1-4H3;2*5-13,15H,1-4H3;4-11,13H,1-3H3;4-10,12H,1-3H3/i14D;2*13D;3D3;. The van der Waals surface area contributed by atoms with Crippen LogP contribution < -0.4 is 44.1 Å². The Bertz CT molecular complexity index is 7060. The topological polar surface area (TPSA) is 201 Å². The lowest BCUT2D eigenvalue weighted by Crippen LogP contribution is -2.42. The summed E-state index contributed by atoms with van der Waals surface area (Å²) in [6.45, 7) is 29.7. The molecule has 127 heavy (non-hydrogen) atoms. The monoisotopic (exact) mass is 1690 g/mol. The Morgan fingerprint density at radius 2 is 0.606 bits per heavy atom. The molecule has 24 rings (SSSR count). The summed E-state index contributed by atoms with van der Waals surface area (Å²) >= 11 is 0. The van der Waals surface area contributed by atoms with Crippen LogP contribution >= 0.6 is 0 Å². The van der Waals surface area contributed by atoms with Gasteiger partial charge in [0.1, 0.15) is 53.2 Å². The van der Waals surface area contributed by atoms with Gasteiger partial charge in [0.2, 0.25) is 5.71 Å². The number of rotatable bonds is 8. The Kier molecular flexibility index (Phi) is 18.5. The van der Waals surface area contributed by atoms with Gasteiger partial charge in [-0.25, -0.2) is 39.9 Å². The van der Waals surface area contributed by atoms with E-state index in [-0.39, 0.29) is 24.7 Å². The van der Waals surface area contributed by atoms with E-state index in [0.29, 0.717) is 17.3 Å². The van der Waals surface area contributed by atoms with Crippen LogP contribution in [-0.4, -0.2) is 108 Å². The molecule has 15 heterocycles. The highest BCUT2D eigenvalue weighted by molar-refractivity contribution is 6.15. The number of para-hydroxylation sites is 4. The minimum atomic E-state index is -2.34. The molecule has 0 saturated carbocycles. The number of hydrogen-bond acceptors (Lipinski definition) is 23. The Balaban J connectivity index is 0.000000104. The first-order valence-electron chi connectivity index (χ1n) is 46.0. The molecule has 9 aromatic carbocycles. The molecule has 23 nitrogen and oxygen atoms in total. The molecule has 0 radical (unpaired) electrons. The van der Waals surface area contributed by atoms with E-state index in [1.165, 1.54) is 16.7 Å². The van der Waals surface area contributed by atoms with Crippen molar-refractivity contribution in [1.29, 1.82) is 0 Å². The first-order chi connectivity index (χ1) is 63.7. The third-order valence-corrected chi connectivity index (χ3v) is 25.2. The third-order valence-electron chi connectivity index (χ3n) is 25.2. The molecule has 0 amide bonds. The molecule has 5 atom stereocenters. The van der Waals surface area contributed by atoms with Crippen molar-refractivity contribution in [2.75, 3.05) is 58.1 Å². The Morgan fingerprint density at radius 1 is 0.291 bits per heavy atom. The van der Waals surface area contributed by atoms with Gasteiger partial charge in [0.15, 0.2) is 68.6 Å². The summed E-state index contributed by atoms with van der Waals surface area (Å²) in [4.78, 5) is 56.4. The van der Waals surface area contributed by atoms with Gasteiger partial charge >= 0.3 is 0 Å². The Morgan fingerprint density at radius 3 is 1.01 bits per heavy atom.